The van der Waals surface area contributed by atoms with Crippen LogP contribution in [0.25, 0.3) is 0 Å². The van der Waals surface area contributed by atoms with Gasteiger partial charge in [0, 0.05) is 21.8 Å². The third kappa shape index (κ3) is 6.22. The van der Waals surface area contributed by atoms with Gasteiger partial charge < -0.3 is 10.6 Å². The Bertz CT molecular complexity index is 1040. The van der Waals surface area contributed by atoms with Crippen LogP contribution in [-0.4, -0.2) is 17.1 Å². The number of hydrogen-bond acceptors (Lipinski definition) is 3. The Morgan fingerprint density at radius 2 is 1.35 bits per heavy atom. The summed E-state index contributed by atoms with van der Waals surface area (Å²) in [7, 11) is 0. The molecule has 0 aliphatic rings. The number of carbonyl (C=O) groups is 2. The lowest BCUT2D eigenvalue weighted by Gasteiger charge is -2.13. The van der Waals surface area contributed by atoms with E-state index >= 15 is 0 Å². The van der Waals surface area contributed by atoms with Crippen molar-refractivity contribution in [2.75, 3.05) is 10.6 Å². The summed E-state index contributed by atoms with van der Waals surface area (Å²) in [5.74, 6) is 0.290. The highest BCUT2D eigenvalue weighted by molar-refractivity contribution is 8.00. The monoisotopic (exact) mass is 432 g/mol. The van der Waals surface area contributed by atoms with Crippen LogP contribution in [0.15, 0.2) is 77.7 Å². The highest BCUT2D eigenvalue weighted by atomic mass is 32.2. The van der Waals surface area contributed by atoms with E-state index in [2.05, 4.69) is 24.5 Å². The smallest absolute Gasteiger partial charge is 0.255 e. The molecule has 3 aromatic carbocycles. The highest BCUT2D eigenvalue weighted by Crippen LogP contribution is 2.26. The lowest BCUT2D eigenvalue weighted by molar-refractivity contribution is -0.115. The molecule has 3 aromatic rings. The number of thioether (sulfide) groups is 1. The molecule has 160 valence electrons. The maximum absolute atomic E-state index is 12.5. The van der Waals surface area contributed by atoms with Crippen LogP contribution >= 0.6 is 11.8 Å². The summed E-state index contributed by atoms with van der Waals surface area (Å²) < 4.78 is 0. The summed E-state index contributed by atoms with van der Waals surface area (Å²) >= 11 is 1.48. The summed E-state index contributed by atoms with van der Waals surface area (Å²) in [5, 5.41) is 5.64. The van der Waals surface area contributed by atoms with Gasteiger partial charge in [-0.2, -0.15) is 0 Å². The minimum atomic E-state index is -0.253. The fraction of sp³-hybridized carbons (Fsp3) is 0.231. The van der Waals surface area contributed by atoms with E-state index in [0.29, 0.717) is 11.5 Å². The normalized spacial score (nSPS) is 11.8. The molecule has 3 rings (SSSR count). The molecule has 0 spiro atoms. The quantitative estimate of drug-likeness (QED) is 0.420. The van der Waals surface area contributed by atoms with Gasteiger partial charge in [-0.15, -0.1) is 11.8 Å². The molecule has 1 atom stereocenters. The van der Waals surface area contributed by atoms with Crippen molar-refractivity contribution in [1.82, 2.24) is 0 Å². The van der Waals surface area contributed by atoms with Crippen LogP contribution in [-0.2, 0) is 4.79 Å². The second-order valence-corrected chi connectivity index (χ2v) is 9.23. The van der Waals surface area contributed by atoms with E-state index in [-0.39, 0.29) is 17.1 Å². The van der Waals surface area contributed by atoms with Gasteiger partial charge in [0.05, 0.1) is 5.25 Å². The number of carbonyl (C=O) groups excluding carboxylic acids is 2. The molecule has 0 aliphatic heterocycles. The van der Waals surface area contributed by atoms with Crippen LogP contribution < -0.4 is 10.6 Å². The van der Waals surface area contributed by atoms with Crippen molar-refractivity contribution in [3.8, 4) is 0 Å². The summed E-state index contributed by atoms with van der Waals surface area (Å²) in [4.78, 5) is 26.0. The van der Waals surface area contributed by atoms with Crippen LogP contribution in [0.3, 0.4) is 0 Å². The molecule has 2 N–H and O–H groups in total. The zero-order valence-corrected chi connectivity index (χ0v) is 19.1. The average molecular weight is 433 g/mol. The molecular formula is C26H28N2O2S. The first-order valence-electron chi connectivity index (χ1n) is 10.4. The van der Waals surface area contributed by atoms with Crippen molar-refractivity contribution in [2.45, 2.75) is 43.8 Å². The van der Waals surface area contributed by atoms with Gasteiger partial charge in [0.25, 0.3) is 5.91 Å². The van der Waals surface area contributed by atoms with E-state index in [4.69, 9.17) is 0 Å². The number of hydrogen-bond donors (Lipinski definition) is 2. The number of benzene rings is 3. The first-order valence-corrected chi connectivity index (χ1v) is 11.3. The Balaban J connectivity index is 1.55. The third-order valence-corrected chi connectivity index (χ3v) is 6.14. The average Bonchev–Trinajstić information content (AvgIpc) is 2.75. The van der Waals surface area contributed by atoms with E-state index in [9.17, 15) is 9.59 Å². The van der Waals surface area contributed by atoms with Gasteiger partial charge >= 0.3 is 0 Å². The van der Waals surface area contributed by atoms with Gasteiger partial charge in [0.2, 0.25) is 5.91 Å². The van der Waals surface area contributed by atoms with E-state index < -0.39 is 0 Å². The first kappa shape index (κ1) is 22.6. The molecule has 0 aliphatic carbocycles. The Labute approximate surface area is 188 Å². The molecule has 0 bridgehead atoms. The fourth-order valence-corrected chi connectivity index (χ4v) is 3.96. The zero-order chi connectivity index (χ0) is 22.4. The molecule has 5 heteroatoms. The summed E-state index contributed by atoms with van der Waals surface area (Å²) in [6.45, 7) is 8.09. The molecule has 0 aromatic heterocycles. The van der Waals surface area contributed by atoms with Crippen molar-refractivity contribution in [3.05, 3.63) is 89.5 Å². The van der Waals surface area contributed by atoms with E-state index in [0.717, 1.165) is 21.8 Å². The summed E-state index contributed by atoms with van der Waals surface area (Å²) in [5.41, 5.74) is 4.37. The van der Waals surface area contributed by atoms with Gasteiger partial charge in [0.1, 0.15) is 0 Å². The van der Waals surface area contributed by atoms with Crippen molar-refractivity contribution in [1.29, 1.82) is 0 Å². The van der Waals surface area contributed by atoms with Crippen molar-refractivity contribution < 1.29 is 9.59 Å². The second-order valence-electron chi connectivity index (χ2n) is 7.82. The third-order valence-electron chi connectivity index (χ3n) is 5.03. The summed E-state index contributed by atoms with van der Waals surface area (Å²) in [6.07, 6.45) is 0. The van der Waals surface area contributed by atoms with Gasteiger partial charge in [0.15, 0.2) is 0 Å². The van der Waals surface area contributed by atoms with Crippen molar-refractivity contribution in [3.63, 3.8) is 0 Å². The van der Waals surface area contributed by atoms with Crippen molar-refractivity contribution >= 4 is 35.0 Å². The van der Waals surface area contributed by atoms with E-state index in [1.165, 1.54) is 17.3 Å². The van der Waals surface area contributed by atoms with E-state index in [1.807, 2.05) is 86.6 Å². The fourth-order valence-electron chi connectivity index (χ4n) is 3.10. The Kier molecular flexibility index (Phi) is 7.53. The number of anilines is 2. The lowest BCUT2D eigenvalue weighted by atomic mass is 10.0. The highest BCUT2D eigenvalue weighted by Gasteiger charge is 2.15. The lowest BCUT2D eigenvalue weighted by Crippen LogP contribution is -2.22. The molecule has 0 heterocycles. The number of rotatable bonds is 7. The van der Waals surface area contributed by atoms with E-state index in [1.54, 1.807) is 0 Å². The number of amides is 2. The SMILES string of the molecule is Cc1ccccc1C(=O)Nc1ccc(SC(C)C(=O)Nc2ccc(C(C)C)cc2)cc1. The minimum absolute atomic E-state index is 0.0424. The standard InChI is InChI=1S/C26H28N2O2S/c1-17(2)20-9-11-21(12-10-20)27-25(29)19(4)31-23-15-13-22(14-16-23)28-26(30)24-8-6-5-7-18(24)3/h5-17,19H,1-4H3,(H,27,29)(H,28,30). The van der Waals surface area contributed by atoms with Gasteiger partial charge in [-0.3, -0.25) is 9.59 Å². The van der Waals surface area contributed by atoms with Crippen LogP contribution in [0, 0.1) is 6.92 Å². The number of aryl methyl sites for hydroxylation is 1. The molecule has 0 radical (unpaired) electrons. The first-order chi connectivity index (χ1) is 14.8. The molecular weight excluding hydrogens is 404 g/mol. The molecule has 4 nitrogen and oxygen atoms in total. The zero-order valence-electron chi connectivity index (χ0n) is 18.3. The van der Waals surface area contributed by atoms with Crippen LogP contribution in [0.5, 0.6) is 0 Å². The molecule has 2 amide bonds. The molecule has 31 heavy (non-hydrogen) atoms. The molecule has 0 saturated carbocycles. The second kappa shape index (κ2) is 10.3. The molecule has 0 fully saturated rings. The predicted molar refractivity (Wildman–Crippen MR) is 130 cm³/mol. The van der Waals surface area contributed by atoms with Gasteiger partial charge in [-0.05, 0) is 73.4 Å². The van der Waals surface area contributed by atoms with Crippen LogP contribution in [0.2, 0.25) is 0 Å². The number of nitrogens with one attached hydrogen (secondary N) is 2. The molecule has 0 saturated heterocycles. The molecule has 1 unspecified atom stereocenters. The summed E-state index contributed by atoms with van der Waals surface area (Å²) in [6, 6.07) is 23.0. The largest absolute Gasteiger partial charge is 0.325 e. The predicted octanol–water partition coefficient (Wildman–Crippen LogP) is 6.49. The Morgan fingerprint density at radius 3 is 1.97 bits per heavy atom. The topological polar surface area (TPSA) is 58.2 Å². The maximum atomic E-state index is 12.5. The Morgan fingerprint density at radius 1 is 0.774 bits per heavy atom. The maximum Gasteiger partial charge on any atom is 0.255 e. The van der Waals surface area contributed by atoms with Crippen LogP contribution in [0.4, 0.5) is 11.4 Å². The van der Waals surface area contributed by atoms with Gasteiger partial charge in [-0.1, -0.05) is 44.2 Å². The minimum Gasteiger partial charge on any atom is -0.325 e. The van der Waals surface area contributed by atoms with Crippen molar-refractivity contribution in [2.24, 2.45) is 0 Å². The van der Waals surface area contributed by atoms with Gasteiger partial charge in [-0.25, -0.2) is 0 Å². The Hall–Kier alpha value is -3.05. The van der Waals surface area contributed by atoms with Crippen LogP contribution in [0.1, 0.15) is 48.2 Å².